The highest BCUT2D eigenvalue weighted by Gasteiger charge is 2.28. The molecule has 4 heteroatoms. The Bertz CT molecular complexity index is 490. The number of nitriles is 1. The van der Waals surface area contributed by atoms with Crippen LogP contribution < -0.4 is 10.1 Å². The molecule has 1 fully saturated rings. The average molecular weight is 272 g/mol. The number of carbonyl (C=O) groups excluding carboxylic acids is 1. The molecule has 20 heavy (non-hydrogen) atoms. The van der Waals surface area contributed by atoms with E-state index in [4.69, 9.17) is 10.00 Å². The minimum Gasteiger partial charge on any atom is -0.494 e. The number of ether oxygens (including phenoxy) is 1. The van der Waals surface area contributed by atoms with Crippen molar-refractivity contribution >= 4 is 5.78 Å². The quantitative estimate of drug-likeness (QED) is 0.837. The fraction of sp³-hybridized carbons (Fsp3) is 0.500. The molecule has 0 bridgehead atoms. The van der Waals surface area contributed by atoms with Crippen molar-refractivity contribution in [1.29, 1.82) is 5.26 Å². The van der Waals surface area contributed by atoms with Crippen LogP contribution in [0.1, 0.15) is 37.8 Å². The summed E-state index contributed by atoms with van der Waals surface area (Å²) < 4.78 is 5.61. The second-order valence-corrected chi connectivity index (χ2v) is 5.08. The van der Waals surface area contributed by atoms with Gasteiger partial charge < -0.3 is 10.1 Å². The van der Waals surface area contributed by atoms with E-state index < -0.39 is 5.92 Å². The lowest BCUT2D eigenvalue weighted by molar-refractivity contribution is -0.123. The van der Waals surface area contributed by atoms with E-state index in [0.29, 0.717) is 13.0 Å². The van der Waals surface area contributed by atoms with Crippen LogP contribution in [-0.4, -0.2) is 18.9 Å². The van der Waals surface area contributed by atoms with Gasteiger partial charge in [-0.3, -0.25) is 4.79 Å². The molecule has 1 aliphatic heterocycles. The first-order valence-electron chi connectivity index (χ1n) is 7.13. The molecule has 4 nitrogen and oxygen atoms in total. The second kappa shape index (κ2) is 7.06. The third kappa shape index (κ3) is 3.58. The van der Waals surface area contributed by atoms with Gasteiger partial charge in [0.2, 0.25) is 0 Å². The van der Waals surface area contributed by atoms with Gasteiger partial charge in [-0.25, -0.2) is 0 Å². The second-order valence-electron chi connectivity index (χ2n) is 5.08. The number of nitrogens with zero attached hydrogens (tertiary/aromatic N) is 1. The molecular formula is C16H20N2O2. The van der Waals surface area contributed by atoms with Crippen molar-refractivity contribution in [1.82, 2.24) is 5.32 Å². The molecule has 106 valence electrons. The molecule has 2 rings (SSSR count). The predicted molar refractivity (Wildman–Crippen MR) is 76.3 cm³/mol. The number of hydrogen-bond acceptors (Lipinski definition) is 4. The van der Waals surface area contributed by atoms with Gasteiger partial charge in [0.25, 0.3) is 0 Å². The van der Waals surface area contributed by atoms with Gasteiger partial charge in [-0.05, 0) is 24.1 Å². The van der Waals surface area contributed by atoms with Gasteiger partial charge in [-0.1, -0.05) is 25.5 Å². The highest BCUT2D eigenvalue weighted by Crippen LogP contribution is 2.25. The Labute approximate surface area is 119 Å². The number of benzene rings is 1. The highest BCUT2D eigenvalue weighted by molar-refractivity contribution is 5.85. The van der Waals surface area contributed by atoms with Crippen molar-refractivity contribution in [2.45, 2.75) is 32.2 Å². The number of carbonyl (C=O) groups is 1. The van der Waals surface area contributed by atoms with E-state index in [1.54, 1.807) is 0 Å². The largest absolute Gasteiger partial charge is 0.494 e. The summed E-state index contributed by atoms with van der Waals surface area (Å²) in [5.74, 6) is 0.390. The summed E-state index contributed by atoms with van der Waals surface area (Å²) in [6.45, 7) is 3.31. The summed E-state index contributed by atoms with van der Waals surface area (Å²) >= 11 is 0. The maximum Gasteiger partial charge on any atom is 0.153 e. The van der Waals surface area contributed by atoms with Crippen molar-refractivity contribution in [3.05, 3.63) is 29.8 Å². The van der Waals surface area contributed by atoms with Gasteiger partial charge in [0.1, 0.15) is 11.7 Å². The van der Waals surface area contributed by atoms with E-state index in [1.165, 1.54) is 0 Å². The molecule has 0 aromatic heterocycles. The van der Waals surface area contributed by atoms with Crippen LogP contribution in [0.4, 0.5) is 0 Å². The zero-order valence-electron chi connectivity index (χ0n) is 11.8. The molecule has 0 radical (unpaired) electrons. The van der Waals surface area contributed by atoms with Crippen molar-refractivity contribution < 1.29 is 9.53 Å². The van der Waals surface area contributed by atoms with Crippen LogP contribution in [0.3, 0.4) is 0 Å². The zero-order valence-corrected chi connectivity index (χ0v) is 11.8. The Balaban J connectivity index is 1.93. The van der Waals surface area contributed by atoms with E-state index >= 15 is 0 Å². The minimum atomic E-state index is -0.497. The number of piperidine rings is 1. The summed E-state index contributed by atoms with van der Waals surface area (Å²) in [7, 11) is 0. The molecule has 1 saturated heterocycles. The molecule has 2 atom stereocenters. The van der Waals surface area contributed by atoms with Crippen LogP contribution in [0, 0.1) is 17.2 Å². The molecule has 2 unspecified atom stereocenters. The van der Waals surface area contributed by atoms with Crippen molar-refractivity contribution in [2.75, 3.05) is 13.2 Å². The fourth-order valence-electron chi connectivity index (χ4n) is 2.27. The number of hydrogen-bond donors (Lipinski definition) is 1. The minimum absolute atomic E-state index is 0.0109. The normalized spacial score (nSPS) is 22.3. The molecule has 1 aromatic rings. The lowest BCUT2D eigenvalue weighted by Crippen LogP contribution is -2.38. The number of Topliss-reactive ketones (excluding diaryl/α,β-unsaturated/α-hetero) is 1. The Morgan fingerprint density at radius 1 is 1.40 bits per heavy atom. The van der Waals surface area contributed by atoms with Gasteiger partial charge in [0.15, 0.2) is 5.78 Å². The lowest BCUT2D eigenvalue weighted by Gasteiger charge is -2.25. The Kier molecular flexibility index (Phi) is 5.14. The topological polar surface area (TPSA) is 62.1 Å². The summed E-state index contributed by atoms with van der Waals surface area (Å²) in [5, 5.41) is 12.1. The van der Waals surface area contributed by atoms with E-state index in [2.05, 4.69) is 12.2 Å². The number of unbranched alkanes of at least 4 members (excludes halogenated alkanes) is 1. The summed E-state index contributed by atoms with van der Waals surface area (Å²) in [5.41, 5.74) is 1.07. The maximum atomic E-state index is 11.8. The Morgan fingerprint density at radius 2 is 2.15 bits per heavy atom. The molecule has 0 amide bonds. The van der Waals surface area contributed by atoms with Crippen molar-refractivity contribution in [2.24, 2.45) is 5.92 Å². The van der Waals surface area contributed by atoms with Crippen LogP contribution in [0.2, 0.25) is 0 Å². The van der Waals surface area contributed by atoms with Crippen LogP contribution in [0.15, 0.2) is 24.3 Å². The lowest BCUT2D eigenvalue weighted by atomic mass is 9.90. The SMILES string of the molecule is CCCCOc1ccc(C2CC(=O)C(C#N)CN2)cc1. The molecule has 1 aromatic carbocycles. The molecular weight excluding hydrogens is 252 g/mol. The summed E-state index contributed by atoms with van der Waals surface area (Å²) in [6.07, 6.45) is 2.55. The van der Waals surface area contributed by atoms with Gasteiger partial charge in [-0.15, -0.1) is 0 Å². The molecule has 0 aliphatic carbocycles. The van der Waals surface area contributed by atoms with Gasteiger partial charge in [0, 0.05) is 19.0 Å². The van der Waals surface area contributed by atoms with Gasteiger partial charge in [0.05, 0.1) is 12.7 Å². The van der Waals surface area contributed by atoms with Gasteiger partial charge >= 0.3 is 0 Å². The first kappa shape index (κ1) is 14.5. The van der Waals surface area contributed by atoms with Gasteiger partial charge in [-0.2, -0.15) is 5.26 Å². The fourth-order valence-corrected chi connectivity index (χ4v) is 2.27. The van der Waals surface area contributed by atoms with Crippen LogP contribution in [0.5, 0.6) is 5.75 Å². The highest BCUT2D eigenvalue weighted by atomic mass is 16.5. The summed E-state index contributed by atoms with van der Waals surface area (Å²) in [4.78, 5) is 11.8. The first-order chi connectivity index (χ1) is 9.74. The maximum absolute atomic E-state index is 11.8. The van der Waals surface area contributed by atoms with E-state index in [1.807, 2.05) is 30.3 Å². The third-order valence-corrected chi connectivity index (χ3v) is 3.57. The van der Waals surface area contributed by atoms with E-state index in [-0.39, 0.29) is 11.8 Å². The molecule has 0 saturated carbocycles. The monoisotopic (exact) mass is 272 g/mol. The molecule has 1 aliphatic rings. The number of nitrogens with one attached hydrogen (secondary N) is 1. The average Bonchev–Trinajstić information content (AvgIpc) is 2.48. The van der Waals surface area contributed by atoms with Crippen LogP contribution >= 0.6 is 0 Å². The summed E-state index contributed by atoms with van der Waals surface area (Å²) in [6, 6.07) is 9.89. The van der Waals surface area contributed by atoms with E-state index in [0.717, 1.165) is 30.8 Å². The Hall–Kier alpha value is -1.86. The Morgan fingerprint density at radius 3 is 2.75 bits per heavy atom. The zero-order chi connectivity index (χ0) is 14.4. The standard InChI is InChI=1S/C16H20N2O2/c1-2-3-8-20-14-6-4-12(5-7-14)15-9-16(19)13(10-17)11-18-15/h4-7,13,15,18H,2-3,8-9,11H2,1H3. The van der Waals surface area contributed by atoms with Crippen LogP contribution in [-0.2, 0) is 4.79 Å². The van der Waals surface area contributed by atoms with Crippen molar-refractivity contribution in [3.63, 3.8) is 0 Å². The third-order valence-electron chi connectivity index (χ3n) is 3.57. The molecule has 1 N–H and O–H groups in total. The van der Waals surface area contributed by atoms with E-state index in [9.17, 15) is 4.79 Å². The van der Waals surface area contributed by atoms with Crippen molar-refractivity contribution in [3.8, 4) is 11.8 Å². The molecule has 0 spiro atoms. The predicted octanol–water partition coefficient (Wildman–Crippen LogP) is 2.61. The van der Waals surface area contributed by atoms with Crippen LogP contribution in [0.25, 0.3) is 0 Å². The first-order valence-corrected chi connectivity index (χ1v) is 7.13. The smallest absolute Gasteiger partial charge is 0.153 e. The number of rotatable bonds is 5. The number of ketones is 1. The molecule has 1 heterocycles.